The average molecular weight is 334 g/mol. The molecule has 0 atom stereocenters. The third-order valence-electron chi connectivity index (χ3n) is 3.02. The summed E-state index contributed by atoms with van der Waals surface area (Å²) >= 11 is 5.80. The minimum atomic E-state index is -0.129. The van der Waals surface area contributed by atoms with Gasteiger partial charge in [-0.3, -0.25) is 4.79 Å². The lowest BCUT2D eigenvalue weighted by Crippen LogP contribution is -2.28. The zero-order valence-electron chi connectivity index (χ0n) is 13.2. The molecule has 1 amide bonds. The normalized spacial score (nSPS) is 10.2. The van der Waals surface area contributed by atoms with E-state index in [1.807, 2.05) is 19.9 Å². The Morgan fingerprint density at radius 1 is 1.09 bits per heavy atom. The van der Waals surface area contributed by atoms with Gasteiger partial charge < -0.3 is 16.0 Å². The van der Waals surface area contributed by atoms with Crippen molar-refractivity contribution in [1.82, 2.24) is 15.3 Å². The van der Waals surface area contributed by atoms with E-state index in [0.717, 1.165) is 18.2 Å². The van der Waals surface area contributed by atoms with Crippen LogP contribution in [0.5, 0.6) is 0 Å². The van der Waals surface area contributed by atoms with Gasteiger partial charge in [0.1, 0.15) is 17.5 Å². The number of benzene rings is 1. The van der Waals surface area contributed by atoms with Crippen LogP contribution in [0.3, 0.4) is 0 Å². The molecule has 0 aliphatic heterocycles. The van der Waals surface area contributed by atoms with Gasteiger partial charge >= 0.3 is 0 Å². The summed E-state index contributed by atoms with van der Waals surface area (Å²) in [7, 11) is 0. The quantitative estimate of drug-likeness (QED) is 0.679. The molecule has 122 valence electrons. The molecule has 1 aromatic heterocycles. The summed E-state index contributed by atoms with van der Waals surface area (Å²) in [5.74, 6) is 2.08. The first-order valence-corrected chi connectivity index (χ1v) is 7.83. The number of hydrogen-bond donors (Lipinski definition) is 3. The third-order valence-corrected chi connectivity index (χ3v) is 3.27. The number of carbonyl (C=O) groups is 1. The molecule has 0 unspecified atom stereocenters. The van der Waals surface area contributed by atoms with E-state index >= 15 is 0 Å². The van der Waals surface area contributed by atoms with Crippen LogP contribution in [-0.2, 0) is 0 Å². The van der Waals surface area contributed by atoms with Gasteiger partial charge in [0.2, 0.25) is 0 Å². The first-order chi connectivity index (χ1) is 11.1. The minimum Gasteiger partial charge on any atom is -0.370 e. The molecule has 0 fully saturated rings. The fourth-order valence-electron chi connectivity index (χ4n) is 2.00. The van der Waals surface area contributed by atoms with Crippen LogP contribution in [-0.4, -0.2) is 35.5 Å². The van der Waals surface area contributed by atoms with Gasteiger partial charge in [0, 0.05) is 36.3 Å². The van der Waals surface area contributed by atoms with E-state index < -0.39 is 0 Å². The summed E-state index contributed by atoms with van der Waals surface area (Å²) in [4.78, 5) is 20.5. The number of nitrogens with one attached hydrogen (secondary N) is 3. The van der Waals surface area contributed by atoms with Crippen LogP contribution in [0.1, 0.15) is 23.1 Å². The number of aromatic nitrogens is 2. The molecule has 1 aromatic carbocycles. The second-order valence-electron chi connectivity index (χ2n) is 4.91. The Kier molecular flexibility index (Phi) is 6.17. The zero-order valence-corrected chi connectivity index (χ0v) is 13.9. The van der Waals surface area contributed by atoms with Crippen molar-refractivity contribution in [3.63, 3.8) is 0 Å². The van der Waals surface area contributed by atoms with Crippen LogP contribution in [0.15, 0.2) is 30.3 Å². The Labute approximate surface area is 140 Å². The fourth-order valence-corrected chi connectivity index (χ4v) is 2.13. The highest BCUT2D eigenvalue weighted by Crippen LogP contribution is 2.11. The van der Waals surface area contributed by atoms with E-state index in [-0.39, 0.29) is 5.91 Å². The molecule has 7 heteroatoms. The lowest BCUT2D eigenvalue weighted by Gasteiger charge is -2.10. The number of nitrogens with zero attached hydrogens (tertiary/aromatic N) is 2. The van der Waals surface area contributed by atoms with Crippen molar-refractivity contribution < 1.29 is 4.79 Å². The molecule has 0 saturated carbocycles. The molecule has 23 heavy (non-hydrogen) atoms. The van der Waals surface area contributed by atoms with Gasteiger partial charge in [-0.2, -0.15) is 0 Å². The van der Waals surface area contributed by atoms with Crippen molar-refractivity contribution in [2.45, 2.75) is 13.8 Å². The Bertz CT molecular complexity index is 660. The van der Waals surface area contributed by atoms with E-state index in [4.69, 9.17) is 11.6 Å². The molecule has 0 spiro atoms. The van der Waals surface area contributed by atoms with Crippen molar-refractivity contribution in [3.8, 4) is 0 Å². The van der Waals surface area contributed by atoms with Crippen molar-refractivity contribution >= 4 is 29.1 Å². The Hall–Kier alpha value is -2.34. The average Bonchev–Trinajstić information content (AvgIpc) is 2.52. The third kappa shape index (κ3) is 5.41. The maximum Gasteiger partial charge on any atom is 0.251 e. The van der Waals surface area contributed by atoms with E-state index in [2.05, 4.69) is 25.9 Å². The summed E-state index contributed by atoms with van der Waals surface area (Å²) in [6.07, 6.45) is 0. The summed E-state index contributed by atoms with van der Waals surface area (Å²) in [6.45, 7) is 5.71. The molecular formula is C16H20ClN5O. The SMILES string of the molecule is CCNc1cc(NCCNC(=O)c2ccc(Cl)cc2)nc(C)n1. The first-order valence-electron chi connectivity index (χ1n) is 7.45. The maximum atomic E-state index is 11.9. The molecule has 0 radical (unpaired) electrons. The Morgan fingerprint density at radius 3 is 2.39 bits per heavy atom. The fraction of sp³-hybridized carbons (Fsp3) is 0.312. The molecular weight excluding hydrogens is 314 g/mol. The van der Waals surface area contributed by atoms with Crippen molar-refractivity contribution in [3.05, 3.63) is 46.7 Å². The topological polar surface area (TPSA) is 78.9 Å². The number of anilines is 2. The smallest absolute Gasteiger partial charge is 0.251 e. The van der Waals surface area contributed by atoms with Crippen LogP contribution >= 0.6 is 11.6 Å². The standard InChI is InChI=1S/C16H20ClN5O/c1-3-18-14-10-15(22-11(2)21-14)19-8-9-20-16(23)12-4-6-13(17)7-5-12/h4-7,10H,3,8-9H2,1-2H3,(H,20,23)(H2,18,19,21,22). The Morgan fingerprint density at radius 2 is 1.74 bits per heavy atom. The van der Waals surface area contributed by atoms with Crippen molar-refractivity contribution in [1.29, 1.82) is 0 Å². The van der Waals surface area contributed by atoms with Crippen molar-refractivity contribution in [2.24, 2.45) is 0 Å². The predicted molar refractivity (Wildman–Crippen MR) is 93.2 cm³/mol. The highest BCUT2D eigenvalue weighted by Gasteiger charge is 2.05. The van der Waals surface area contributed by atoms with Crippen LogP contribution in [0.4, 0.5) is 11.6 Å². The van der Waals surface area contributed by atoms with Gasteiger partial charge in [-0.25, -0.2) is 9.97 Å². The second kappa shape index (κ2) is 8.33. The van der Waals surface area contributed by atoms with E-state index in [1.54, 1.807) is 24.3 Å². The monoisotopic (exact) mass is 333 g/mol. The van der Waals surface area contributed by atoms with Gasteiger partial charge in [0.25, 0.3) is 5.91 Å². The molecule has 0 aliphatic rings. The van der Waals surface area contributed by atoms with Gasteiger partial charge in [0.05, 0.1) is 0 Å². The van der Waals surface area contributed by atoms with Crippen LogP contribution in [0.25, 0.3) is 0 Å². The van der Waals surface area contributed by atoms with E-state index in [9.17, 15) is 4.79 Å². The number of aryl methyl sites for hydroxylation is 1. The van der Waals surface area contributed by atoms with Gasteiger partial charge in [0.15, 0.2) is 0 Å². The highest BCUT2D eigenvalue weighted by atomic mass is 35.5. The van der Waals surface area contributed by atoms with Gasteiger partial charge in [-0.1, -0.05) is 11.6 Å². The number of hydrogen-bond acceptors (Lipinski definition) is 5. The lowest BCUT2D eigenvalue weighted by atomic mass is 10.2. The number of carbonyl (C=O) groups excluding carboxylic acids is 1. The van der Waals surface area contributed by atoms with E-state index in [1.165, 1.54) is 0 Å². The number of halogens is 1. The molecule has 1 heterocycles. The van der Waals surface area contributed by atoms with Crippen molar-refractivity contribution in [2.75, 3.05) is 30.3 Å². The molecule has 0 bridgehead atoms. The molecule has 6 nitrogen and oxygen atoms in total. The van der Waals surface area contributed by atoms with Gasteiger partial charge in [-0.05, 0) is 38.1 Å². The summed E-state index contributed by atoms with van der Waals surface area (Å²) in [5.41, 5.74) is 0.585. The summed E-state index contributed by atoms with van der Waals surface area (Å²) < 4.78 is 0. The first kappa shape index (κ1) is 17.0. The molecule has 0 aliphatic carbocycles. The molecule has 2 aromatic rings. The zero-order chi connectivity index (χ0) is 16.7. The van der Waals surface area contributed by atoms with Crippen LogP contribution in [0.2, 0.25) is 5.02 Å². The maximum absolute atomic E-state index is 11.9. The van der Waals surface area contributed by atoms with Crippen LogP contribution < -0.4 is 16.0 Å². The molecule has 2 rings (SSSR count). The van der Waals surface area contributed by atoms with Crippen LogP contribution in [0, 0.1) is 6.92 Å². The van der Waals surface area contributed by atoms with Gasteiger partial charge in [-0.15, -0.1) is 0 Å². The summed E-state index contributed by atoms with van der Waals surface area (Å²) in [6, 6.07) is 8.63. The lowest BCUT2D eigenvalue weighted by molar-refractivity contribution is 0.0955. The second-order valence-corrected chi connectivity index (χ2v) is 5.34. The molecule has 0 saturated heterocycles. The molecule has 3 N–H and O–H groups in total. The number of amides is 1. The highest BCUT2D eigenvalue weighted by molar-refractivity contribution is 6.30. The number of rotatable bonds is 7. The predicted octanol–water partition coefficient (Wildman–Crippen LogP) is 2.71. The Balaban J connectivity index is 1.81. The summed E-state index contributed by atoms with van der Waals surface area (Å²) in [5, 5.41) is 9.77. The minimum absolute atomic E-state index is 0.129. The largest absolute Gasteiger partial charge is 0.370 e. The van der Waals surface area contributed by atoms with E-state index in [0.29, 0.717) is 29.5 Å².